The van der Waals surface area contributed by atoms with Gasteiger partial charge in [-0.2, -0.15) is 10.2 Å². The number of hydrogen-bond donors (Lipinski definition) is 3. The molecule has 3 fully saturated rings. The Morgan fingerprint density at radius 2 is 2.02 bits per heavy atom. The monoisotopic (exact) mass is 619 g/mol. The predicted octanol–water partition coefficient (Wildman–Crippen LogP) is 6.71. The summed E-state index contributed by atoms with van der Waals surface area (Å²) in [7, 11) is 0. The number of halogens is 2. The molecule has 232 valence electrons. The zero-order valence-corrected chi connectivity index (χ0v) is 25.8. The highest BCUT2D eigenvalue weighted by Gasteiger charge is 2.45. The second-order valence-electron chi connectivity index (χ2n) is 13.3. The van der Waals surface area contributed by atoms with Gasteiger partial charge >= 0.3 is 0 Å². The molecule has 3 aliphatic rings. The second kappa shape index (κ2) is 11.5. The molecule has 6 atom stereocenters. The molecule has 6 unspecified atom stereocenters. The van der Waals surface area contributed by atoms with Crippen LogP contribution in [0.25, 0.3) is 16.6 Å². The molecule has 4 heterocycles. The number of ether oxygens (including phenoxy) is 1. The molecule has 1 saturated heterocycles. The largest absolute Gasteiger partial charge is 0.390 e. The third-order valence-electron chi connectivity index (χ3n) is 9.65. The van der Waals surface area contributed by atoms with E-state index >= 15 is 0 Å². The van der Waals surface area contributed by atoms with Crippen LogP contribution in [-0.2, 0) is 4.74 Å². The van der Waals surface area contributed by atoms with E-state index in [0.29, 0.717) is 28.3 Å². The molecule has 11 heteroatoms. The van der Waals surface area contributed by atoms with E-state index in [1.165, 1.54) is 18.2 Å². The van der Waals surface area contributed by atoms with Gasteiger partial charge in [-0.1, -0.05) is 18.5 Å². The van der Waals surface area contributed by atoms with Gasteiger partial charge in [0.05, 0.1) is 45.5 Å². The van der Waals surface area contributed by atoms with Gasteiger partial charge in [0.15, 0.2) is 0 Å². The SMILES string of the molecule is CC1CC2CC(CC(C)(O)C2)C1Nc1c(C(N)=Nc2cc(F)ccc2Cl)cnn2cc(-c3cnn(C4CCCCO4)c3)cc12. The molecule has 0 spiro atoms. The number of rotatable bonds is 6. The molecule has 44 heavy (non-hydrogen) atoms. The summed E-state index contributed by atoms with van der Waals surface area (Å²) < 4.78 is 23.7. The van der Waals surface area contributed by atoms with E-state index in [4.69, 9.17) is 27.2 Å². The van der Waals surface area contributed by atoms with E-state index in [1.807, 2.05) is 34.7 Å². The number of amidine groups is 1. The summed E-state index contributed by atoms with van der Waals surface area (Å²) in [6, 6.07) is 6.22. The number of aliphatic imine (C=N–C) groups is 1. The van der Waals surface area contributed by atoms with Crippen LogP contribution in [0.4, 0.5) is 15.8 Å². The van der Waals surface area contributed by atoms with Crippen molar-refractivity contribution < 1.29 is 14.2 Å². The molecular weight excluding hydrogens is 581 g/mol. The summed E-state index contributed by atoms with van der Waals surface area (Å²) >= 11 is 6.35. The summed E-state index contributed by atoms with van der Waals surface area (Å²) in [6.45, 7) is 4.99. The third-order valence-corrected chi connectivity index (χ3v) is 9.97. The molecular formula is C33H39ClFN7O2. The minimum Gasteiger partial charge on any atom is -0.390 e. The first-order chi connectivity index (χ1) is 21.1. The lowest BCUT2D eigenvalue weighted by Crippen LogP contribution is -2.50. The Hall–Kier alpha value is -3.47. The predicted molar refractivity (Wildman–Crippen MR) is 170 cm³/mol. The Balaban J connectivity index is 1.30. The Morgan fingerprint density at radius 3 is 2.84 bits per heavy atom. The van der Waals surface area contributed by atoms with E-state index in [0.717, 1.165) is 73.9 Å². The second-order valence-corrected chi connectivity index (χ2v) is 13.7. The Kier molecular flexibility index (Phi) is 7.63. The standard InChI is InChI=1S/C33H39ClFN7O2/c1-19-9-20-10-21(14-33(2,43)13-20)30(19)40-31-25(32(36)39-27-12-24(35)6-7-26(27)34)16-38-41-17-22(11-28(31)41)23-15-37-42(18-23)29-5-3-4-8-44-29/h6-7,11-12,15-21,29-30,40,43H,3-5,8-10,13-14H2,1-2H3,(H2,36,39). The van der Waals surface area contributed by atoms with E-state index in [2.05, 4.69) is 28.4 Å². The molecule has 0 radical (unpaired) electrons. The van der Waals surface area contributed by atoms with E-state index in [-0.39, 0.29) is 23.8 Å². The average Bonchev–Trinajstić information content (AvgIpc) is 3.64. The Morgan fingerprint density at radius 1 is 1.16 bits per heavy atom. The summed E-state index contributed by atoms with van der Waals surface area (Å²) in [4.78, 5) is 4.54. The molecule has 4 aromatic rings. The quantitative estimate of drug-likeness (QED) is 0.163. The lowest BCUT2D eigenvalue weighted by molar-refractivity contribution is -0.0501. The van der Waals surface area contributed by atoms with Crippen LogP contribution in [0, 0.1) is 23.6 Å². The van der Waals surface area contributed by atoms with Crippen molar-refractivity contribution >= 4 is 34.3 Å². The van der Waals surface area contributed by atoms with Crippen LogP contribution in [0.1, 0.15) is 70.6 Å². The van der Waals surface area contributed by atoms with Crippen molar-refractivity contribution in [3.63, 3.8) is 0 Å². The maximum atomic E-state index is 14.1. The van der Waals surface area contributed by atoms with Gasteiger partial charge < -0.3 is 20.9 Å². The summed E-state index contributed by atoms with van der Waals surface area (Å²) in [6.07, 6.45) is 14.3. The zero-order valence-electron chi connectivity index (χ0n) is 25.1. The summed E-state index contributed by atoms with van der Waals surface area (Å²) in [5.74, 6) is 0.928. The van der Waals surface area contributed by atoms with Gasteiger partial charge in [0.2, 0.25) is 0 Å². The van der Waals surface area contributed by atoms with Crippen molar-refractivity contribution in [1.82, 2.24) is 19.4 Å². The van der Waals surface area contributed by atoms with Crippen molar-refractivity contribution in [3.05, 3.63) is 65.5 Å². The molecule has 4 N–H and O–H groups in total. The van der Waals surface area contributed by atoms with Crippen LogP contribution in [-0.4, -0.2) is 48.6 Å². The van der Waals surface area contributed by atoms with E-state index in [9.17, 15) is 9.50 Å². The number of anilines is 1. The van der Waals surface area contributed by atoms with Gasteiger partial charge in [0.25, 0.3) is 0 Å². The Bertz CT molecular complexity index is 1710. The third kappa shape index (κ3) is 5.71. The first kappa shape index (κ1) is 29.3. The maximum Gasteiger partial charge on any atom is 0.150 e. The number of aliphatic hydroxyl groups is 1. The highest BCUT2D eigenvalue weighted by atomic mass is 35.5. The molecule has 1 aromatic carbocycles. The van der Waals surface area contributed by atoms with Crippen LogP contribution in [0.2, 0.25) is 5.02 Å². The number of benzene rings is 1. The lowest BCUT2D eigenvalue weighted by Gasteiger charge is -2.49. The first-order valence-corrected chi connectivity index (χ1v) is 16.0. The molecule has 2 bridgehead atoms. The van der Waals surface area contributed by atoms with Crippen molar-refractivity contribution in [2.45, 2.75) is 76.7 Å². The van der Waals surface area contributed by atoms with Crippen molar-refractivity contribution in [2.24, 2.45) is 28.5 Å². The van der Waals surface area contributed by atoms with Crippen LogP contribution in [0.5, 0.6) is 0 Å². The van der Waals surface area contributed by atoms with Gasteiger partial charge in [0, 0.05) is 42.2 Å². The topological polar surface area (TPSA) is 115 Å². The first-order valence-electron chi connectivity index (χ1n) is 15.6. The van der Waals surface area contributed by atoms with Gasteiger partial charge in [-0.15, -0.1) is 0 Å². The summed E-state index contributed by atoms with van der Waals surface area (Å²) in [5.41, 5.74) is 10.4. The molecule has 1 aliphatic heterocycles. The number of nitrogens with zero attached hydrogens (tertiary/aromatic N) is 5. The number of hydrogen-bond acceptors (Lipinski definition) is 6. The molecule has 9 nitrogen and oxygen atoms in total. The fourth-order valence-electron chi connectivity index (χ4n) is 7.78. The van der Waals surface area contributed by atoms with Gasteiger partial charge in [-0.05, 0) is 87.8 Å². The van der Waals surface area contributed by atoms with Gasteiger partial charge in [-0.25, -0.2) is 18.6 Å². The van der Waals surface area contributed by atoms with Crippen LogP contribution in [0.3, 0.4) is 0 Å². The van der Waals surface area contributed by atoms with Crippen LogP contribution in [0.15, 0.2) is 54.0 Å². The molecule has 3 aromatic heterocycles. The zero-order chi connectivity index (χ0) is 30.6. The van der Waals surface area contributed by atoms with Crippen molar-refractivity contribution in [1.29, 1.82) is 0 Å². The fraction of sp³-hybridized carbons (Fsp3) is 0.485. The van der Waals surface area contributed by atoms with Crippen LogP contribution < -0.4 is 11.1 Å². The molecule has 2 aliphatic carbocycles. The smallest absolute Gasteiger partial charge is 0.150 e. The highest BCUT2D eigenvalue weighted by molar-refractivity contribution is 6.33. The van der Waals surface area contributed by atoms with E-state index in [1.54, 1.807) is 6.20 Å². The lowest BCUT2D eigenvalue weighted by atomic mass is 9.61. The minimum atomic E-state index is -0.677. The van der Waals surface area contributed by atoms with E-state index < -0.39 is 11.4 Å². The number of nitrogens with two attached hydrogens (primary N) is 1. The normalized spacial score (nSPS) is 29.2. The number of fused-ring (bicyclic) bond motifs is 3. The molecule has 2 saturated carbocycles. The molecule has 7 rings (SSSR count). The fourth-order valence-corrected chi connectivity index (χ4v) is 7.94. The summed E-state index contributed by atoms with van der Waals surface area (Å²) in [5, 5.41) is 24.5. The minimum absolute atomic E-state index is 0.0496. The van der Waals surface area contributed by atoms with Crippen molar-refractivity contribution in [2.75, 3.05) is 11.9 Å². The number of nitrogens with one attached hydrogen (secondary N) is 1. The Labute approximate surface area is 261 Å². The maximum absolute atomic E-state index is 14.1. The van der Waals surface area contributed by atoms with Crippen molar-refractivity contribution in [3.8, 4) is 11.1 Å². The van der Waals surface area contributed by atoms with Gasteiger partial charge in [-0.3, -0.25) is 0 Å². The van der Waals surface area contributed by atoms with Gasteiger partial charge in [0.1, 0.15) is 17.9 Å². The highest BCUT2D eigenvalue weighted by Crippen LogP contribution is 2.48. The van der Waals surface area contributed by atoms with Crippen LogP contribution >= 0.6 is 11.6 Å². The average molecular weight is 620 g/mol. The number of aromatic nitrogens is 4. The molecule has 0 amide bonds.